The van der Waals surface area contributed by atoms with E-state index in [2.05, 4.69) is 36.4 Å². The predicted molar refractivity (Wildman–Crippen MR) is 68.7 cm³/mol. The first-order valence-electron chi connectivity index (χ1n) is 5.91. The van der Waals surface area contributed by atoms with Crippen LogP contribution in [0.4, 0.5) is 0 Å². The van der Waals surface area contributed by atoms with Gasteiger partial charge in [-0.3, -0.25) is 0 Å². The van der Waals surface area contributed by atoms with Gasteiger partial charge in [0.05, 0.1) is 11.1 Å². The van der Waals surface area contributed by atoms with Crippen LogP contribution in [-0.4, -0.2) is 9.55 Å². The molecular formula is C14H17N3. The number of aryl methyl sites for hydroxylation is 1. The van der Waals surface area contributed by atoms with E-state index in [1.54, 1.807) is 0 Å². The molecule has 0 fully saturated rings. The van der Waals surface area contributed by atoms with E-state index >= 15 is 0 Å². The zero-order chi connectivity index (χ0) is 12.6. The van der Waals surface area contributed by atoms with Crippen LogP contribution in [0.15, 0.2) is 18.2 Å². The first kappa shape index (κ1) is 11.7. The molecule has 0 aliphatic rings. The molecule has 2 aromatic rings. The highest BCUT2D eigenvalue weighted by atomic mass is 15.1. The summed E-state index contributed by atoms with van der Waals surface area (Å²) in [6, 6.07) is 7.94. The van der Waals surface area contributed by atoms with E-state index in [1.807, 2.05) is 25.2 Å². The van der Waals surface area contributed by atoms with E-state index in [0.29, 0.717) is 17.4 Å². The van der Waals surface area contributed by atoms with Crippen molar-refractivity contribution in [3.8, 4) is 6.07 Å². The summed E-state index contributed by atoms with van der Waals surface area (Å²) in [6.45, 7) is 6.56. The monoisotopic (exact) mass is 227 g/mol. The second-order valence-corrected chi connectivity index (χ2v) is 4.85. The van der Waals surface area contributed by atoms with Crippen molar-refractivity contribution in [3.05, 3.63) is 29.6 Å². The maximum absolute atomic E-state index is 9.08. The number of hydrogen-bond donors (Lipinski definition) is 0. The third-order valence-electron chi connectivity index (χ3n) is 3.47. The van der Waals surface area contributed by atoms with Crippen LogP contribution in [0, 0.1) is 17.2 Å². The highest BCUT2D eigenvalue weighted by molar-refractivity contribution is 5.82. The lowest BCUT2D eigenvalue weighted by Crippen LogP contribution is -2.08. The molecule has 1 unspecified atom stereocenters. The van der Waals surface area contributed by atoms with Crippen molar-refractivity contribution in [1.29, 1.82) is 5.26 Å². The number of nitriles is 1. The van der Waals surface area contributed by atoms with E-state index in [9.17, 15) is 0 Å². The Morgan fingerprint density at radius 3 is 2.59 bits per heavy atom. The van der Waals surface area contributed by atoms with Crippen LogP contribution in [0.2, 0.25) is 0 Å². The molecule has 2 rings (SSSR count). The summed E-state index contributed by atoms with van der Waals surface area (Å²) in [5.41, 5.74) is 2.51. The molecule has 1 atom stereocenters. The summed E-state index contributed by atoms with van der Waals surface area (Å²) < 4.78 is 2.10. The van der Waals surface area contributed by atoms with Crippen molar-refractivity contribution >= 4 is 11.0 Å². The Hall–Kier alpha value is -1.82. The number of benzene rings is 1. The highest BCUT2D eigenvalue weighted by Crippen LogP contribution is 2.27. The molecule has 3 nitrogen and oxygen atoms in total. The van der Waals surface area contributed by atoms with Crippen LogP contribution < -0.4 is 0 Å². The molecule has 0 N–H and O–H groups in total. The van der Waals surface area contributed by atoms with Gasteiger partial charge in [0.2, 0.25) is 0 Å². The molecule has 0 aliphatic heterocycles. The normalized spacial score (nSPS) is 12.9. The molecule has 1 heterocycles. The van der Waals surface area contributed by atoms with Gasteiger partial charge in [-0.2, -0.15) is 5.26 Å². The Labute approximate surface area is 102 Å². The molecule has 0 aliphatic carbocycles. The summed E-state index contributed by atoms with van der Waals surface area (Å²) in [5, 5.41) is 9.08. The number of aromatic nitrogens is 2. The third kappa shape index (κ3) is 1.80. The average Bonchev–Trinajstić information content (AvgIpc) is 2.66. The van der Waals surface area contributed by atoms with Gasteiger partial charge in [-0.1, -0.05) is 26.8 Å². The van der Waals surface area contributed by atoms with Gasteiger partial charge in [-0.25, -0.2) is 4.98 Å². The summed E-state index contributed by atoms with van der Waals surface area (Å²) in [6.07, 6.45) is 0. The first-order chi connectivity index (χ1) is 8.06. The second kappa shape index (κ2) is 4.21. The highest BCUT2D eigenvalue weighted by Gasteiger charge is 2.18. The van der Waals surface area contributed by atoms with Crippen molar-refractivity contribution < 1.29 is 0 Å². The fraction of sp³-hybridized carbons (Fsp3) is 0.429. The Morgan fingerprint density at radius 2 is 2.00 bits per heavy atom. The number of imidazole rings is 1. The lowest BCUT2D eigenvalue weighted by atomic mass is 9.97. The van der Waals surface area contributed by atoms with E-state index < -0.39 is 0 Å². The van der Waals surface area contributed by atoms with Gasteiger partial charge in [-0.15, -0.1) is 0 Å². The maximum Gasteiger partial charge on any atom is 0.112 e. The van der Waals surface area contributed by atoms with Crippen LogP contribution in [-0.2, 0) is 7.05 Å². The molecule has 3 heteroatoms. The minimum absolute atomic E-state index is 0.388. The van der Waals surface area contributed by atoms with Gasteiger partial charge >= 0.3 is 0 Å². The number of hydrogen-bond acceptors (Lipinski definition) is 2. The molecule has 0 saturated heterocycles. The molecule has 1 aromatic carbocycles. The van der Waals surface area contributed by atoms with Gasteiger partial charge in [0.1, 0.15) is 17.4 Å². The lowest BCUT2D eigenvalue weighted by molar-refractivity contribution is 0.499. The first-order valence-corrected chi connectivity index (χ1v) is 5.91. The maximum atomic E-state index is 9.08. The molecule has 0 bridgehead atoms. The number of rotatable bonds is 2. The van der Waals surface area contributed by atoms with Gasteiger partial charge in [0, 0.05) is 13.0 Å². The largest absolute Gasteiger partial charge is 0.331 e. The van der Waals surface area contributed by atoms with Crippen LogP contribution >= 0.6 is 0 Å². The Morgan fingerprint density at radius 1 is 1.29 bits per heavy atom. The van der Waals surface area contributed by atoms with Gasteiger partial charge in [-0.05, 0) is 18.1 Å². The topological polar surface area (TPSA) is 41.6 Å². The fourth-order valence-corrected chi connectivity index (χ4v) is 2.03. The smallest absolute Gasteiger partial charge is 0.112 e. The van der Waals surface area contributed by atoms with E-state index in [0.717, 1.165) is 16.9 Å². The molecule has 0 spiro atoms. The molecule has 17 heavy (non-hydrogen) atoms. The molecule has 0 saturated carbocycles. The molecule has 88 valence electrons. The Bertz CT molecular complexity index is 587. The van der Waals surface area contributed by atoms with Crippen LogP contribution in [0.5, 0.6) is 0 Å². The molecule has 0 amide bonds. The average molecular weight is 227 g/mol. The van der Waals surface area contributed by atoms with Crippen LogP contribution in [0.1, 0.15) is 38.1 Å². The molecular weight excluding hydrogens is 210 g/mol. The zero-order valence-electron chi connectivity index (χ0n) is 10.7. The fourth-order valence-electron chi connectivity index (χ4n) is 2.03. The number of fused-ring (bicyclic) bond motifs is 1. The van der Waals surface area contributed by atoms with Crippen molar-refractivity contribution in [3.63, 3.8) is 0 Å². The lowest BCUT2D eigenvalue weighted by Gasteiger charge is -2.14. The summed E-state index contributed by atoms with van der Waals surface area (Å²) >= 11 is 0. The molecule has 1 aromatic heterocycles. The number of para-hydroxylation sites is 1. The van der Waals surface area contributed by atoms with Crippen molar-refractivity contribution in [2.75, 3.05) is 0 Å². The Kier molecular flexibility index (Phi) is 2.89. The minimum Gasteiger partial charge on any atom is -0.331 e. The van der Waals surface area contributed by atoms with Gasteiger partial charge in [0.15, 0.2) is 0 Å². The standard InChI is InChI=1S/C14H17N3/c1-9(2)10(3)14-16-13-11(8-15)6-5-7-12(13)17(14)4/h5-7,9-10H,1-4H3. The van der Waals surface area contributed by atoms with Crippen LogP contribution in [0.3, 0.4) is 0 Å². The minimum atomic E-state index is 0.388. The second-order valence-electron chi connectivity index (χ2n) is 4.85. The third-order valence-corrected chi connectivity index (χ3v) is 3.47. The molecule has 0 radical (unpaired) electrons. The SMILES string of the molecule is CC(C)C(C)c1nc2c(C#N)cccc2n1C. The predicted octanol–water partition coefficient (Wildman–Crippen LogP) is 3.20. The van der Waals surface area contributed by atoms with Crippen molar-refractivity contribution in [2.24, 2.45) is 13.0 Å². The van der Waals surface area contributed by atoms with Crippen LogP contribution in [0.25, 0.3) is 11.0 Å². The Balaban J connectivity index is 2.69. The van der Waals surface area contributed by atoms with Crippen molar-refractivity contribution in [2.45, 2.75) is 26.7 Å². The van der Waals surface area contributed by atoms with Crippen molar-refractivity contribution in [1.82, 2.24) is 9.55 Å². The van der Waals surface area contributed by atoms with E-state index in [1.165, 1.54) is 0 Å². The van der Waals surface area contributed by atoms with Gasteiger partial charge in [0.25, 0.3) is 0 Å². The van der Waals surface area contributed by atoms with E-state index in [-0.39, 0.29) is 0 Å². The zero-order valence-corrected chi connectivity index (χ0v) is 10.7. The summed E-state index contributed by atoms with van der Waals surface area (Å²) in [4.78, 5) is 4.64. The summed E-state index contributed by atoms with van der Waals surface area (Å²) in [7, 11) is 2.02. The van der Waals surface area contributed by atoms with E-state index in [4.69, 9.17) is 5.26 Å². The number of nitrogens with zero attached hydrogens (tertiary/aromatic N) is 3. The quantitative estimate of drug-likeness (QED) is 0.790. The summed E-state index contributed by atoms with van der Waals surface area (Å²) in [5.74, 6) is 1.98. The van der Waals surface area contributed by atoms with Gasteiger partial charge < -0.3 is 4.57 Å².